The van der Waals surface area contributed by atoms with Crippen LogP contribution in [0.1, 0.15) is 5.56 Å². The highest BCUT2D eigenvalue weighted by Crippen LogP contribution is 2.14. The van der Waals surface area contributed by atoms with Crippen molar-refractivity contribution in [2.24, 2.45) is 0 Å². The Balaban J connectivity index is 1.46. The van der Waals surface area contributed by atoms with Crippen LogP contribution in [-0.2, 0) is 6.54 Å². The van der Waals surface area contributed by atoms with Gasteiger partial charge in [0.1, 0.15) is 0 Å². The summed E-state index contributed by atoms with van der Waals surface area (Å²) in [7, 11) is 0. The van der Waals surface area contributed by atoms with Crippen LogP contribution >= 0.6 is 23.3 Å². The molecule has 0 unspecified atom stereocenters. The first-order chi connectivity index (χ1) is 10.7. The van der Waals surface area contributed by atoms with Crippen molar-refractivity contribution in [1.82, 2.24) is 19.0 Å². The lowest BCUT2D eigenvalue weighted by molar-refractivity contribution is 0.194. The van der Waals surface area contributed by atoms with Crippen molar-refractivity contribution < 1.29 is 4.79 Å². The molecule has 3 rings (SSSR count). The fourth-order valence-electron chi connectivity index (χ4n) is 2.33. The lowest BCUT2D eigenvalue weighted by atomic mass is 10.2. The molecule has 2 aromatic rings. The highest BCUT2D eigenvalue weighted by atomic mass is 35.5. The standard InChI is InChI=1S/C14H16ClN5OS/c15-12-3-1-11(2-4-12)9-16-14(21)20-7-5-19(6-8-20)13-10-17-22-18-13/h1-4,10H,5-9H2,(H,16,21). The molecule has 1 aromatic heterocycles. The summed E-state index contributed by atoms with van der Waals surface area (Å²) in [5.74, 6) is 0.895. The maximum absolute atomic E-state index is 12.2. The lowest BCUT2D eigenvalue weighted by Gasteiger charge is -2.34. The first kappa shape index (κ1) is 15.1. The molecule has 0 spiro atoms. The molecule has 1 N–H and O–H groups in total. The van der Waals surface area contributed by atoms with Gasteiger partial charge in [-0.15, -0.1) is 0 Å². The number of amides is 2. The van der Waals surface area contributed by atoms with Crippen molar-refractivity contribution in [2.45, 2.75) is 6.54 Å². The molecule has 1 saturated heterocycles. The van der Waals surface area contributed by atoms with Gasteiger partial charge in [0, 0.05) is 37.7 Å². The number of urea groups is 1. The molecule has 2 heterocycles. The van der Waals surface area contributed by atoms with E-state index in [2.05, 4.69) is 19.0 Å². The molecule has 2 amide bonds. The summed E-state index contributed by atoms with van der Waals surface area (Å²) in [6.07, 6.45) is 1.76. The first-order valence-corrected chi connectivity index (χ1v) is 8.13. The second-order valence-corrected chi connectivity index (χ2v) is 6.02. The number of hydrogen-bond donors (Lipinski definition) is 1. The van der Waals surface area contributed by atoms with E-state index in [0.717, 1.165) is 24.5 Å². The number of nitrogens with one attached hydrogen (secondary N) is 1. The van der Waals surface area contributed by atoms with Gasteiger partial charge in [-0.1, -0.05) is 23.7 Å². The van der Waals surface area contributed by atoms with E-state index in [1.165, 1.54) is 11.7 Å². The quantitative estimate of drug-likeness (QED) is 0.933. The van der Waals surface area contributed by atoms with E-state index in [0.29, 0.717) is 24.7 Å². The predicted octanol–water partition coefficient (Wildman–Crippen LogP) is 2.22. The number of anilines is 1. The van der Waals surface area contributed by atoms with E-state index in [4.69, 9.17) is 11.6 Å². The molecule has 22 heavy (non-hydrogen) atoms. The third-order valence-corrected chi connectivity index (χ3v) is 4.32. The topological polar surface area (TPSA) is 61.4 Å². The highest BCUT2D eigenvalue weighted by molar-refractivity contribution is 6.99. The van der Waals surface area contributed by atoms with E-state index in [9.17, 15) is 4.79 Å². The molecule has 0 aliphatic carbocycles. The highest BCUT2D eigenvalue weighted by Gasteiger charge is 2.22. The van der Waals surface area contributed by atoms with Gasteiger partial charge < -0.3 is 15.1 Å². The second-order valence-electron chi connectivity index (χ2n) is 5.02. The Labute approximate surface area is 138 Å². The van der Waals surface area contributed by atoms with Crippen LogP contribution in [0.25, 0.3) is 0 Å². The van der Waals surface area contributed by atoms with Gasteiger partial charge in [-0.05, 0) is 17.7 Å². The van der Waals surface area contributed by atoms with Gasteiger partial charge in [0.05, 0.1) is 17.9 Å². The predicted molar refractivity (Wildman–Crippen MR) is 87.4 cm³/mol. The second kappa shape index (κ2) is 6.93. The normalized spacial score (nSPS) is 15.0. The fourth-order valence-corrected chi connectivity index (χ4v) is 2.89. The minimum atomic E-state index is -0.0361. The summed E-state index contributed by atoms with van der Waals surface area (Å²) in [5, 5.41) is 3.63. The van der Waals surface area contributed by atoms with E-state index >= 15 is 0 Å². The zero-order chi connectivity index (χ0) is 15.4. The maximum Gasteiger partial charge on any atom is 0.317 e. The number of carbonyl (C=O) groups is 1. The van der Waals surface area contributed by atoms with Gasteiger partial charge in [-0.3, -0.25) is 0 Å². The van der Waals surface area contributed by atoms with E-state index < -0.39 is 0 Å². The molecule has 6 nitrogen and oxygen atoms in total. The number of carbonyl (C=O) groups excluding carboxylic acids is 1. The molecule has 0 atom stereocenters. The van der Waals surface area contributed by atoms with Gasteiger partial charge in [0.25, 0.3) is 0 Å². The van der Waals surface area contributed by atoms with Crippen molar-refractivity contribution in [2.75, 3.05) is 31.1 Å². The number of nitrogens with zero attached hydrogens (tertiary/aromatic N) is 4. The molecule has 1 fully saturated rings. The van der Waals surface area contributed by atoms with Crippen molar-refractivity contribution >= 4 is 35.2 Å². The zero-order valence-corrected chi connectivity index (χ0v) is 13.5. The SMILES string of the molecule is O=C(NCc1ccc(Cl)cc1)N1CCN(c2cnsn2)CC1. The zero-order valence-electron chi connectivity index (χ0n) is 11.9. The lowest BCUT2D eigenvalue weighted by Crippen LogP contribution is -2.51. The Morgan fingerprint density at radius 3 is 2.59 bits per heavy atom. The van der Waals surface area contributed by atoms with Crippen LogP contribution in [-0.4, -0.2) is 45.9 Å². The number of benzene rings is 1. The Hall–Kier alpha value is -1.86. The van der Waals surface area contributed by atoms with Crippen LogP contribution in [0.2, 0.25) is 5.02 Å². The molecule has 1 aliphatic rings. The average molecular weight is 338 g/mol. The van der Waals surface area contributed by atoms with E-state index in [1.807, 2.05) is 29.2 Å². The summed E-state index contributed by atoms with van der Waals surface area (Å²) in [4.78, 5) is 16.1. The molecule has 116 valence electrons. The number of piperazine rings is 1. The molecular formula is C14H16ClN5OS. The van der Waals surface area contributed by atoms with Crippen LogP contribution in [0.5, 0.6) is 0 Å². The Morgan fingerprint density at radius 1 is 1.23 bits per heavy atom. The minimum Gasteiger partial charge on any atom is -0.351 e. The third kappa shape index (κ3) is 3.66. The molecule has 8 heteroatoms. The first-order valence-electron chi connectivity index (χ1n) is 7.02. The average Bonchev–Trinajstić information content (AvgIpc) is 3.09. The summed E-state index contributed by atoms with van der Waals surface area (Å²) < 4.78 is 8.23. The Morgan fingerprint density at radius 2 is 1.95 bits per heavy atom. The largest absolute Gasteiger partial charge is 0.351 e. The van der Waals surface area contributed by atoms with Crippen LogP contribution < -0.4 is 10.2 Å². The number of aromatic nitrogens is 2. The molecule has 0 bridgehead atoms. The van der Waals surface area contributed by atoms with Gasteiger partial charge in [-0.2, -0.15) is 8.75 Å². The molecule has 1 aromatic carbocycles. The summed E-state index contributed by atoms with van der Waals surface area (Å²) in [6.45, 7) is 3.43. The fraction of sp³-hybridized carbons (Fsp3) is 0.357. The summed E-state index contributed by atoms with van der Waals surface area (Å²) in [6, 6.07) is 7.44. The summed E-state index contributed by atoms with van der Waals surface area (Å²) in [5.41, 5.74) is 1.03. The molecule has 0 saturated carbocycles. The number of rotatable bonds is 3. The van der Waals surface area contributed by atoms with Crippen molar-refractivity contribution in [3.8, 4) is 0 Å². The maximum atomic E-state index is 12.2. The van der Waals surface area contributed by atoms with Crippen LogP contribution in [0.3, 0.4) is 0 Å². The Kier molecular flexibility index (Phi) is 4.74. The van der Waals surface area contributed by atoms with Gasteiger partial charge in [0.2, 0.25) is 0 Å². The number of halogens is 1. The molecule has 1 aliphatic heterocycles. The van der Waals surface area contributed by atoms with Gasteiger partial charge >= 0.3 is 6.03 Å². The Bertz CT molecular complexity index is 611. The van der Waals surface area contributed by atoms with E-state index in [1.54, 1.807) is 6.20 Å². The van der Waals surface area contributed by atoms with Gasteiger partial charge in [-0.25, -0.2) is 4.79 Å². The van der Waals surface area contributed by atoms with E-state index in [-0.39, 0.29) is 6.03 Å². The molecular weight excluding hydrogens is 322 g/mol. The minimum absolute atomic E-state index is 0.0361. The van der Waals surface area contributed by atoms with Crippen molar-refractivity contribution in [1.29, 1.82) is 0 Å². The summed E-state index contributed by atoms with van der Waals surface area (Å²) >= 11 is 7.05. The van der Waals surface area contributed by atoms with Crippen LogP contribution in [0.15, 0.2) is 30.5 Å². The van der Waals surface area contributed by atoms with Crippen molar-refractivity contribution in [3.05, 3.63) is 41.0 Å². The third-order valence-electron chi connectivity index (χ3n) is 3.60. The smallest absolute Gasteiger partial charge is 0.317 e. The van der Waals surface area contributed by atoms with Crippen LogP contribution in [0, 0.1) is 0 Å². The number of hydrogen-bond acceptors (Lipinski definition) is 5. The van der Waals surface area contributed by atoms with Crippen LogP contribution in [0.4, 0.5) is 10.6 Å². The van der Waals surface area contributed by atoms with Crippen molar-refractivity contribution in [3.63, 3.8) is 0 Å². The monoisotopic (exact) mass is 337 g/mol. The van der Waals surface area contributed by atoms with Gasteiger partial charge in [0.15, 0.2) is 5.82 Å². The molecule has 0 radical (unpaired) electrons.